The van der Waals surface area contributed by atoms with Crippen LogP contribution in [-0.2, 0) is 28.9 Å². The molecule has 3 heterocycles. The van der Waals surface area contributed by atoms with Crippen LogP contribution < -0.4 is 10.6 Å². The number of nitrogens with zero attached hydrogens (tertiary/aromatic N) is 2. The van der Waals surface area contributed by atoms with E-state index in [1.54, 1.807) is 25.2 Å². The van der Waals surface area contributed by atoms with Gasteiger partial charge in [0.2, 0.25) is 0 Å². The zero-order valence-corrected chi connectivity index (χ0v) is 20.7. The van der Waals surface area contributed by atoms with Gasteiger partial charge >= 0.3 is 5.97 Å². The van der Waals surface area contributed by atoms with E-state index >= 15 is 0 Å². The van der Waals surface area contributed by atoms with Gasteiger partial charge in [0.15, 0.2) is 0 Å². The molecule has 2 N–H and O–H groups in total. The lowest BCUT2D eigenvalue weighted by Gasteiger charge is -2.36. The molecule has 1 aromatic carbocycles. The van der Waals surface area contributed by atoms with Crippen molar-refractivity contribution in [3.05, 3.63) is 52.3 Å². The number of amides is 2. The number of hydrogen-bond donors (Lipinski definition) is 2. The van der Waals surface area contributed by atoms with Crippen molar-refractivity contribution < 1.29 is 23.9 Å². The summed E-state index contributed by atoms with van der Waals surface area (Å²) in [5.74, 6) is -0.810. The summed E-state index contributed by atoms with van der Waals surface area (Å²) in [6, 6.07) is 6.46. The van der Waals surface area contributed by atoms with Gasteiger partial charge in [0.05, 0.1) is 29.1 Å². The summed E-state index contributed by atoms with van der Waals surface area (Å²) >= 11 is 0. The molecule has 1 spiro atoms. The average Bonchev–Trinajstić information content (AvgIpc) is 3.15. The first-order chi connectivity index (χ1) is 16.9. The highest BCUT2D eigenvalue weighted by Crippen LogP contribution is 2.37. The molecule has 1 unspecified atom stereocenters. The summed E-state index contributed by atoms with van der Waals surface area (Å²) in [6.45, 7) is 6.79. The minimum atomic E-state index is -0.475. The van der Waals surface area contributed by atoms with Crippen LogP contribution in [0.3, 0.4) is 0 Å². The second kappa shape index (κ2) is 10.6. The molecule has 2 aliphatic rings. The molecule has 1 atom stereocenters. The summed E-state index contributed by atoms with van der Waals surface area (Å²) in [5.41, 5.74) is 3.19. The summed E-state index contributed by atoms with van der Waals surface area (Å²) in [4.78, 5) is 37.4. The predicted molar refractivity (Wildman–Crippen MR) is 129 cm³/mol. The fourth-order valence-electron chi connectivity index (χ4n) is 4.90. The van der Waals surface area contributed by atoms with E-state index in [0.29, 0.717) is 49.4 Å². The molecular weight excluding hydrogens is 448 g/mol. The lowest BCUT2D eigenvalue weighted by atomic mass is 9.76. The molecule has 2 aromatic rings. The number of rotatable bonds is 7. The smallest absolute Gasteiger partial charge is 0.338 e. The van der Waals surface area contributed by atoms with Crippen molar-refractivity contribution in [2.24, 2.45) is 11.3 Å². The van der Waals surface area contributed by atoms with E-state index < -0.39 is 5.97 Å². The minimum Gasteiger partial charge on any atom is -0.462 e. The Morgan fingerprint density at radius 2 is 2.03 bits per heavy atom. The van der Waals surface area contributed by atoms with Crippen LogP contribution in [0.5, 0.6) is 0 Å². The summed E-state index contributed by atoms with van der Waals surface area (Å²) in [6.07, 6.45) is 3.25. The largest absolute Gasteiger partial charge is 0.462 e. The molecule has 9 heteroatoms. The van der Waals surface area contributed by atoms with Crippen LogP contribution in [0.15, 0.2) is 24.3 Å². The molecule has 2 aliphatic heterocycles. The Labute approximate surface area is 205 Å². The van der Waals surface area contributed by atoms with Crippen LogP contribution in [0.4, 0.5) is 0 Å². The van der Waals surface area contributed by atoms with Gasteiger partial charge in [-0.1, -0.05) is 19.9 Å². The molecule has 35 heavy (non-hydrogen) atoms. The predicted octanol–water partition coefficient (Wildman–Crippen LogP) is 2.38. The highest BCUT2D eigenvalue weighted by molar-refractivity contribution is 5.98. The number of aryl methyl sites for hydroxylation is 1. The Kier molecular flexibility index (Phi) is 7.54. The number of carbonyl (C=O) groups is 3. The van der Waals surface area contributed by atoms with E-state index in [0.717, 1.165) is 30.7 Å². The van der Waals surface area contributed by atoms with Gasteiger partial charge in [0.1, 0.15) is 0 Å². The van der Waals surface area contributed by atoms with Crippen LogP contribution in [0, 0.1) is 11.3 Å². The third-order valence-electron chi connectivity index (χ3n) is 6.98. The van der Waals surface area contributed by atoms with Crippen LogP contribution in [0.25, 0.3) is 0 Å². The van der Waals surface area contributed by atoms with Gasteiger partial charge in [-0.3, -0.25) is 14.3 Å². The molecular formula is C26H34N4O5. The number of nitrogens with one attached hydrogen (secondary N) is 2. The van der Waals surface area contributed by atoms with E-state index in [1.165, 1.54) is 6.07 Å². The van der Waals surface area contributed by atoms with Gasteiger partial charge in [-0.25, -0.2) is 4.79 Å². The first-order valence-corrected chi connectivity index (χ1v) is 12.3. The van der Waals surface area contributed by atoms with Crippen molar-refractivity contribution in [2.75, 3.05) is 33.4 Å². The number of aromatic nitrogens is 2. The molecule has 4 rings (SSSR count). The standard InChI is InChI=1S/C26H34N4O5/c1-4-20-22-21(13-26(16-28-24(22)32)8-10-34-11-9-26)30(29-20)14-17(2)15-35-25(33)19-7-5-6-18(12-19)23(31)27-3/h5-7,12,17H,4,8-11,13-16H2,1-3H3,(H,27,31)(H,28,32). The highest BCUT2D eigenvalue weighted by Gasteiger charge is 2.39. The van der Waals surface area contributed by atoms with E-state index in [2.05, 4.69) is 10.6 Å². The molecule has 2 amide bonds. The van der Waals surface area contributed by atoms with Crippen LogP contribution in [-0.4, -0.2) is 61.0 Å². The first-order valence-electron chi connectivity index (χ1n) is 12.3. The van der Waals surface area contributed by atoms with E-state index in [1.807, 2.05) is 18.5 Å². The Balaban J connectivity index is 1.47. The maximum atomic E-state index is 13.0. The highest BCUT2D eigenvalue weighted by atomic mass is 16.5. The number of hydrogen-bond acceptors (Lipinski definition) is 6. The third-order valence-corrected chi connectivity index (χ3v) is 6.98. The normalized spacial score (nSPS) is 17.7. The van der Waals surface area contributed by atoms with Crippen molar-refractivity contribution in [3.8, 4) is 0 Å². The van der Waals surface area contributed by atoms with E-state index in [4.69, 9.17) is 14.6 Å². The van der Waals surface area contributed by atoms with Crippen molar-refractivity contribution in [3.63, 3.8) is 0 Å². The molecule has 0 radical (unpaired) electrons. The molecule has 1 saturated heterocycles. The summed E-state index contributed by atoms with van der Waals surface area (Å²) < 4.78 is 13.1. The molecule has 0 saturated carbocycles. The fraction of sp³-hybridized carbons (Fsp3) is 0.538. The van der Waals surface area contributed by atoms with Gasteiger partial charge in [0.25, 0.3) is 11.8 Å². The average molecular weight is 483 g/mol. The SMILES string of the molecule is CCc1nn(CC(C)COC(=O)c2cccc(C(=O)NC)c2)c2c1C(=O)NCC1(CCOCC1)C2. The monoisotopic (exact) mass is 482 g/mol. The second-order valence-corrected chi connectivity index (χ2v) is 9.64. The van der Waals surface area contributed by atoms with Crippen molar-refractivity contribution >= 4 is 17.8 Å². The van der Waals surface area contributed by atoms with Gasteiger partial charge in [-0.05, 0) is 49.3 Å². The van der Waals surface area contributed by atoms with Crippen molar-refractivity contribution in [1.82, 2.24) is 20.4 Å². The fourth-order valence-corrected chi connectivity index (χ4v) is 4.90. The Bertz CT molecular complexity index is 1100. The summed E-state index contributed by atoms with van der Waals surface area (Å²) in [7, 11) is 1.54. The van der Waals surface area contributed by atoms with Gasteiger partial charge in [0, 0.05) is 44.8 Å². The second-order valence-electron chi connectivity index (χ2n) is 9.64. The van der Waals surface area contributed by atoms with Gasteiger partial charge < -0.3 is 20.1 Å². The molecule has 0 bridgehead atoms. The van der Waals surface area contributed by atoms with E-state index in [9.17, 15) is 14.4 Å². The Hall–Kier alpha value is -3.20. The topological polar surface area (TPSA) is 112 Å². The number of benzene rings is 1. The number of carbonyl (C=O) groups excluding carboxylic acids is 3. The maximum Gasteiger partial charge on any atom is 0.338 e. The van der Waals surface area contributed by atoms with Crippen LogP contribution in [0.2, 0.25) is 0 Å². The van der Waals surface area contributed by atoms with Crippen molar-refractivity contribution in [1.29, 1.82) is 0 Å². The number of ether oxygens (including phenoxy) is 2. The zero-order chi connectivity index (χ0) is 25.0. The lowest BCUT2D eigenvalue weighted by Crippen LogP contribution is -2.41. The maximum absolute atomic E-state index is 13.0. The molecule has 0 aliphatic carbocycles. The third kappa shape index (κ3) is 5.40. The van der Waals surface area contributed by atoms with E-state index in [-0.39, 0.29) is 29.8 Å². The number of fused-ring (bicyclic) bond motifs is 1. The first kappa shape index (κ1) is 24.9. The molecule has 188 valence electrons. The quantitative estimate of drug-likeness (QED) is 0.586. The molecule has 1 fully saturated rings. The molecule has 1 aromatic heterocycles. The molecule has 9 nitrogen and oxygen atoms in total. The summed E-state index contributed by atoms with van der Waals surface area (Å²) in [5, 5.41) is 10.5. The zero-order valence-electron chi connectivity index (χ0n) is 20.7. The van der Waals surface area contributed by atoms with Gasteiger partial charge in [-0.2, -0.15) is 5.10 Å². The minimum absolute atomic E-state index is 0.0204. The number of esters is 1. The Morgan fingerprint density at radius 3 is 2.74 bits per heavy atom. The van der Waals surface area contributed by atoms with Crippen LogP contribution in [0.1, 0.15) is 69.2 Å². The Morgan fingerprint density at radius 1 is 1.29 bits per heavy atom. The van der Waals surface area contributed by atoms with Crippen molar-refractivity contribution in [2.45, 2.75) is 46.1 Å². The lowest BCUT2D eigenvalue weighted by molar-refractivity contribution is 0.0151. The van der Waals surface area contributed by atoms with Crippen LogP contribution >= 0.6 is 0 Å². The van der Waals surface area contributed by atoms with Gasteiger partial charge in [-0.15, -0.1) is 0 Å².